The maximum Gasteiger partial charge on any atom is 0.326 e. The van der Waals surface area contributed by atoms with Crippen LogP contribution in [-0.2, 0) is 24.4 Å². The van der Waals surface area contributed by atoms with Gasteiger partial charge in [-0.05, 0) is 67.3 Å². The number of likely N-dealkylation sites (tertiary alicyclic amines) is 1. The molecule has 218 valence electrons. The van der Waals surface area contributed by atoms with E-state index in [2.05, 4.69) is 24.9 Å². The van der Waals surface area contributed by atoms with Crippen LogP contribution >= 0.6 is 0 Å². The van der Waals surface area contributed by atoms with E-state index in [9.17, 15) is 13.6 Å². The summed E-state index contributed by atoms with van der Waals surface area (Å²) in [6.07, 6.45) is 5.20. The molecule has 2 aromatic carbocycles. The number of hydrogen-bond donors (Lipinski definition) is 2. The quantitative estimate of drug-likeness (QED) is 0.246. The third-order valence-corrected chi connectivity index (χ3v) is 7.46. The molecule has 0 spiro atoms. The zero-order valence-corrected chi connectivity index (χ0v) is 24.1. The van der Waals surface area contributed by atoms with Crippen LogP contribution in [0.1, 0.15) is 29.7 Å². The number of urea groups is 1. The summed E-state index contributed by atoms with van der Waals surface area (Å²) < 4.78 is 29.5. The SMILES string of the molecule is Cc1ccc(NC(=O)N(c2ccccc2)C2CCN(Cc3ccc(Oc4ccc(CNS(=O)[O-])cc4)nc3)CC2)cn1. The van der Waals surface area contributed by atoms with Gasteiger partial charge >= 0.3 is 6.03 Å². The number of nitrogens with one attached hydrogen (secondary N) is 2. The molecular formula is C31H33N6O4S-. The molecule has 2 aromatic heterocycles. The molecule has 1 unspecified atom stereocenters. The van der Waals surface area contributed by atoms with Crippen LogP contribution in [0.4, 0.5) is 16.2 Å². The van der Waals surface area contributed by atoms with Gasteiger partial charge in [-0.3, -0.25) is 19.0 Å². The first-order valence-corrected chi connectivity index (χ1v) is 14.9. The van der Waals surface area contributed by atoms with Crippen molar-refractivity contribution >= 4 is 28.7 Å². The molecule has 1 fully saturated rings. The number of ether oxygens (including phenoxy) is 1. The van der Waals surface area contributed by atoms with Gasteiger partial charge in [-0.15, -0.1) is 0 Å². The van der Waals surface area contributed by atoms with Crippen LogP contribution in [0.5, 0.6) is 11.6 Å². The Bertz CT molecular complexity index is 1460. The van der Waals surface area contributed by atoms with Gasteiger partial charge in [0.05, 0.1) is 11.9 Å². The van der Waals surface area contributed by atoms with E-state index in [1.165, 1.54) is 0 Å². The molecule has 5 rings (SSSR count). The minimum absolute atomic E-state index is 0.0700. The number of benzene rings is 2. The van der Waals surface area contributed by atoms with Crippen molar-refractivity contribution in [1.82, 2.24) is 19.6 Å². The summed E-state index contributed by atoms with van der Waals surface area (Å²) in [4.78, 5) is 26.4. The molecule has 0 radical (unpaired) electrons. The van der Waals surface area contributed by atoms with E-state index in [-0.39, 0.29) is 18.6 Å². The zero-order chi connectivity index (χ0) is 29.3. The van der Waals surface area contributed by atoms with Gasteiger partial charge in [-0.1, -0.05) is 36.4 Å². The number of nitrogens with zero attached hydrogens (tertiary/aromatic N) is 4. The van der Waals surface area contributed by atoms with E-state index in [4.69, 9.17) is 4.74 Å². The molecule has 0 aliphatic carbocycles. The molecule has 0 bridgehead atoms. The van der Waals surface area contributed by atoms with Gasteiger partial charge in [0.15, 0.2) is 0 Å². The number of aryl methyl sites for hydroxylation is 1. The van der Waals surface area contributed by atoms with Crippen molar-refractivity contribution in [2.75, 3.05) is 23.3 Å². The largest absolute Gasteiger partial charge is 0.760 e. The molecule has 42 heavy (non-hydrogen) atoms. The standard InChI is InChI=1S/C31H34N6O4S/c1-23-7-11-26(21-32-23)35-31(38)37(27-5-3-2-4-6-27)28-15-17-36(18-16-28)22-25-10-14-30(33-19-25)41-29-12-8-24(9-13-29)20-34-42(39)40/h2-14,19,21,28,34H,15-18,20,22H2,1H3,(H,35,38)(H,39,40)/p-1. The van der Waals surface area contributed by atoms with E-state index in [0.29, 0.717) is 17.3 Å². The van der Waals surface area contributed by atoms with E-state index in [0.717, 1.165) is 55.0 Å². The van der Waals surface area contributed by atoms with Gasteiger partial charge in [-0.2, -0.15) is 0 Å². The van der Waals surface area contributed by atoms with E-state index < -0.39 is 11.3 Å². The summed E-state index contributed by atoms with van der Waals surface area (Å²) in [6.45, 7) is 4.61. The second-order valence-corrected chi connectivity index (χ2v) is 10.9. The predicted octanol–water partition coefficient (Wildman–Crippen LogP) is 5.16. The smallest absolute Gasteiger partial charge is 0.326 e. The number of para-hydroxylation sites is 1. The molecule has 1 aliphatic rings. The Kier molecular flexibility index (Phi) is 9.88. The number of anilines is 2. The lowest BCUT2D eigenvalue weighted by Crippen LogP contribution is -2.49. The van der Waals surface area contributed by atoms with Crippen molar-refractivity contribution in [3.63, 3.8) is 0 Å². The highest BCUT2D eigenvalue weighted by molar-refractivity contribution is 7.77. The molecular weight excluding hydrogens is 552 g/mol. The third-order valence-electron chi connectivity index (χ3n) is 7.08. The van der Waals surface area contributed by atoms with Crippen LogP contribution in [0.25, 0.3) is 0 Å². The normalized spacial score (nSPS) is 14.7. The predicted molar refractivity (Wildman–Crippen MR) is 162 cm³/mol. The van der Waals surface area contributed by atoms with Crippen LogP contribution in [0.3, 0.4) is 0 Å². The van der Waals surface area contributed by atoms with Crippen molar-refractivity contribution in [3.8, 4) is 11.6 Å². The molecule has 11 heteroatoms. The number of piperidine rings is 1. The summed E-state index contributed by atoms with van der Waals surface area (Å²) >= 11 is -2.30. The van der Waals surface area contributed by atoms with Crippen LogP contribution in [0.15, 0.2) is 91.3 Å². The number of hydrogen-bond acceptors (Lipinski definition) is 7. The van der Waals surface area contributed by atoms with Gasteiger partial charge in [0, 0.05) is 67.1 Å². The Morgan fingerprint density at radius 2 is 1.71 bits per heavy atom. The number of amides is 2. The van der Waals surface area contributed by atoms with Crippen molar-refractivity contribution in [1.29, 1.82) is 0 Å². The first-order valence-electron chi connectivity index (χ1n) is 13.8. The third kappa shape index (κ3) is 8.20. The number of aromatic nitrogens is 2. The van der Waals surface area contributed by atoms with Crippen molar-refractivity contribution in [2.24, 2.45) is 0 Å². The summed E-state index contributed by atoms with van der Waals surface area (Å²) in [5.41, 5.74) is 4.36. The summed E-state index contributed by atoms with van der Waals surface area (Å²) in [6, 6.07) is 24.5. The van der Waals surface area contributed by atoms with E-state index >= 15 is 0 Å². The first kappa shape index (κ1) is 29.3. The van der Waals surface area contributed by atoms with Crippen molar-refractivity contribution in [3.05, 3.63) is 108 Å². The Balaban J connectivity index is 1.15. The highest BCUT2D eigenvalue weighted by Crippen LogP contribution is 2.26. The summed E-state index contributed by atoms with van der Waals surface area (Å²) in [5, 5.41) is 3.02. The number of pyridine rings is 2. The number of carbonyl (C=O) groups is 1. The molecule has 0 saturated carbocycles. The number of rotatable bonds is 10. The molecule has 3 heterocycles. The first-order chi connectivity index (χ1) is 20.4. The van der Waals surface area contributed by atoms with Gasteiger partial charge in [-0.25, -0.2) is 14.5 Å². The minimum atomic E-state index is -2.30. The average molecular weight is 586 g/mol. The fraction of sp³-hybridized carbons (Fsp3) is 0.258. The molecule has 1 atom stereocenters. The summed E-state index contributed by atoms with van der Waals surface area (Å²) in [5.74, 6) is 1.10. The van der Waals surface area contributed by atoms with Gasteiger partial charge in [0.25, 0.3) is 0 Å². The highest BCUT2D eigenvalue weighted by Gasteiger charge is 2.29. The lowest BCUT2D eigenvalue weighted by atomic mass is 10.0. The average Bonchev–Trinajstić information content (AvgIpc) is 3.00. The van der Waals surface area contributed by atoms with Gasteiger partial charge < -0.3 is 14.6 Å². The van der Waals surface area contributed by atoms with Gasteiger partial charge in [0.2, 0.25) is 5.88 Å². The molecule has 10 nitrogen and oxygen atoms in total. The Labute approximate surface area is 248 Å². The van der Waals surface area contributed by atoms with Crippen molar-refractivity contribution < 1.29 is 18.3 Å². The molecule has 2 amide bonds. The topological polar surface area (TPSA) is 123 Å². The molecule has 1 aliphatic heterocycles. The lowest BCUT2D eigenvalue weighted by molar-refractivity contribution is 0.199. The highest BCUT2D eigenvalue weighted by atomic mass is 32.2. The monoisotopic (exact) mass is 585 g/mol. The van der Waals surface area contributed by atoms with E-state index in [1.807, 2.05) is 72.6 Å². The maximum absolute atomic E-state index is 13.4. The zero-order valence-electron chi connectivity index (χ0n) is 23.3. The van der Waals surface area contributed by atoms with Crippen LogP contribution in [-0.4, -0.2) is 48.8 Å². The Hall–Kier alpha value is -4.16. The fourth-order valence-electron chi connectivity index (χ4n) is 4.90. The van der Waals surface area contributed by atoms with Crippen LogP contribution in [0.2, 0.25) is 0 Å². The Morgan fingerprint density at radius 3 is 2.36 bits per heavy atom. The van der Waals surface area contributed by atoms with E-state index in [1.54, 1.807) is 30.5 Å². The molecule has 4 aromatic rings. The molecule has 2 N–H and O–H groups in total. The lowest BCUT2D eigenvalue weighted by Gasteiger charge is -2.38. The number of carbonyl (C=O) groups excluding carboxylic acids is 1. The summed E-state index contributed by atoms with van der Waals surface area (Å²) in [7, 11) is 0. The minimum Gasteiger partial charge on any atom is -0.760 e. The van der Waals surface area contributed by atoms with Crippen molar-refractivity contribution in [2.45, 2.75) is 38.9 Å². The van der Waals surface area contributed by atoms with Crippen LogP contribution in [0, 0.1) is 6.92 Å². The van der Waals surface area contributed by atoms with Gasteiger partial charge in [0.1, 0.15) is 5.75 Å². The Morgan fingerprint density at radius 1 is 0.976 bits per heavy atom. The van der Waals surface area contributed by atoms with Crippen LogP contribution < -0.4 is 19.7 Å². The maximum atomic E-state index is 13.4. The second kappa shape index (κ2) is 14.1. The molecule has 1 saturated heterocycles. The fourth-order valence-corrected chi connectivity index (χ4v) is 5.19. The second-order valence-electron chi connectivity index (χ2n) is 10.1.